The van der Waals surface area contributed by atoms with Crippen molar-refractivity contribution < 1.29 is 19.1 Å². The maximum Gasteiger partial charge on any atom is 0.338 e. The molecule has 9 heteroatoms. The van der Waals surface area contributed by atoms with Crippen molar-refractivity contribution in [1.82, 2.24) is 15.5 Å². The number of benzene rings is 2. The molecule has 0 unspecified atom stereocenters. The largest absolute Gasteiger partial charge is 0.497 e. The lowest BCUT2D eigenvalue weighted by Crippen LogP contribution is -2.51. The third-order valence-electron chi connectivity index (χ3n) is 5.96. The second kappa shape index (κ2) is 10.1. The third kappa shape index (κ3) is 5.07. The zero-order valence-electron chi connectivity index (χ0n) is 18.6. The van der Waals surface area contributed by atoms with Gasteiger partial charge in [-0.3, -0.25) is 4.90 Å². The first kappa shape index (κ1) is 22.9. The van der Waals surface area contributed by atoms with Crippen LogP contribution in [0.15, 0.2) is 59.8 Å². The Hall–Kier alpha value is -3.23. The van der Waals surface area contributed by atoms with Crippen LogP contribution in [0, 0.1) is 0 Å². The number of esters is 1. The maximum atomic E-state index is 12.8. The van der Waals surface area contributed by atoms with Crippen molar-refractivity contribution in [2.45, 2.75) is 6.04 Å². The Morgan fingerprint density at radius 2 is 1.76 bits per heavy atom. The standard InChI is InChI=1S/C24H27ClN4O4/c1-32-17-9-7-16(8-10-17)22-21(23(30)33-2)19(26-24(31)27-22)15-28-11-13-29(14-12-28)20-6-4-3-5-18(20)25/h3-10,22H,11-15H2,1-2H3,(H2,26,27,31)/t22-/m0/s1. The molecule has 1 atom stereocenters. The molecule has 2 aromatic carbocycles. The summed E-state index contributed by atoms with van der Waals surface area (Å²) in [6, 6.07) is 14.1. The SMILES string of the molecule is COC(=O)C1=C(CN2CCN(c3ccccc3Cl)CC2)NC(=O)N[C@H]1c1ccc(OC)cc1. The zero-order valence-corrected chi connectivity index (χ0v) is 19.4. The quantitative estimate of drug-likeness (QED) is 0.632. The van der Waals surface area contributed by atoms with Gasteiger partial charge in [0.05, 0.1) is 36.5 Å². The molecule has 0 aromatic heterocycles. The molecule has 2 aliphatic heterocycles. The molecule has 2 aliphatic rings. The summed E-state index contributed by atoms with van der Waals surface area (Å²) in [5.74, 6) is 0.215. The smallest absolute Gasteiger partial charge is 0.338 e. The average Bonchev–Trinajstić information content (AvgIpc) is 2.84. The molecule has 0 saturated carbocycles. The van der Waals surface area contributed by atoms with Gasteiger partial charge in [0.15, 0.2) is 0 Å². The van der Waals surface area contributed by atoms with Crippen LogP contribution in [0.25, 0.3) is 0 Å². The number of para-hydroxylation sites is 1. The van der Waals surface area contributed by atoms with E-state index in [1.807, 2.05) is 36.4 Å². The van der Waals surface area contributed by atoms with Gasteiger partial charge < -0.3 is 25.0 Å². The van der Waals surface area contributed by atoms with E-state index in [0.717, 1.165) is 42.5 Å². The second-order valence-electron chi connectivity index (χ2n) is 7.90. The maximum absolute atomic E-state index is 12.8. The first-order valence-electron chi connectivity index (χ1n) is 10.7. The lowest BCUT2D eigenvalue weighted by atomic mass is 9.95. The highest BCUT2D eigenvalue weighted by atomic mass is 35.5. The summed E-state index contributed by atoms with van der Waals surface area (Å²) in [4.78, 5) is 29.7. The molecular weight excluding hydrogens is 444 g/mol. The lowest BCUT2D eigenvalue weighted by molar-refractivity contribution is -0.136. The highest BCUT2D eigenvalue weighted by Gasteiger charge is 2.34. The summed E-state index contributed by atoms with van der Waals surface area (Å²) in [7, 11) is 2.93. The molecule has 174 valence electrons. The molecule has 2 aromatic rings. The van der Waals surface area contributed by atoms with Crippen molar-refractivity contribution in [1.29, 1.82) is 0 Å². The van der Waals surface area contributed by atoms with E-state index in [1.54, 1.807) is 19.2 Å². The highest BCUT2D eigenvalue weighted by molar-refractivity contribution is 6.33. The predicted octanol–water partition coefficient (Wildman–Crippen LogP) is 2.95. The van der Waals surface area contributed by atoms with E-state index in [4.69, 9.17) is 21.1 Å². The second-order valence-corrected chi connectivity index (χ2v) is 8.31. The first-order valence-corrected chi connectivity index (χ1v) is 11.1. The van der Waals surface area contributed by atoms with E-state index >= 15 is 0 Å². The molecule has 8 nitrogen and oxygen atoms in total. The van der Waals surface area contributed by atoms with E-state index in [-0.39, 0.29) is 6.03 Å². The minimum Gasteiger partial charge on any atom is -0.497 e. The Morgan fingerprint density at radius 1 is 1.06 bits per heavy atom. The number of rotatable bonds is 6. The number of amides is 2. The number of anilines is 1. The van der Waals surface area contributed by atoms with Gasteiger partial charge in [0.2, 0.25) is 0 Å². The number of carbonyl (C=O) groups excluding carboxylic acids is 2. The van der Waals surface area contributed by atoms with Gasteiger partial charge in [0, 0.05) is 38.4 Å². The van der Waals surface area contributed by atoms with Crippen LogP contribution in [-0.2, 0) is 9.53 Å². The topological polar surface area (TPSA) is 83.1 Å². The molecule has 2 N–H and O–H groups in total. The Labute approximate surface area is 198 Å². The van der Waals surface area contributed by atoms with Gasteiger partial charge in [0.1, 0.15) is 5.75 Å². The molecule has 0 bridgehead atoms. The molecule has 0 aliphatic carbocycles. The Kier molecular flexibility index (Phi) is 7.05. The summed E-state index contributed by atoms with van der Waals surface area (Å²) in [5, 5.41) is 6.41. The molecule has 0 radical (unpaired) electrons. The minimum absolute atomic E-state index is 0.354. The van der Waals surface area contributed by atoms with Crippen LogP contribution in [0.1, 0.15) is 11.6 Å². The molecular formula is C24H27ClN4O4. The monoisotopic (exact) mass is 470 g/mol. The van der Waals surface area contributed by atoms with Crippen LogP contribution in [0.2, 0.25) is 5.02 Å². The number of urea groups is 1. The zero-order chi connectivity index (χ0) is 23.4. The molecule has 2 amide bonds. The molecule has 33 heavy (non-hydrogen) atoms. The van der Waals surface area contributed by atoms with Gasteiger partial charge in [-0.05, 0) is 29.8 Å². The van der Waals surface area contributed by atoms with Gasteiger partial charge in [-0.25, -0.2) is 9.59 Å². The van der Waals surface area contributed by atoms with E-state index in [9.17, 15) is 9.59 Å². The molecule has 1 saturated heterocycles. The number of nitrogens with one attached hydrogen (secondary N) is 2. The van der Waals surface area contributed by atoms with Crippen LogP contribution < -0.4 is 20.3 Å². The van der Waals surface area contributed by atoms with Crippen molar-refractivity contribution in [3.8, 4) is 5.75 Å². The highest BCUT2D eigenvalue weighted by Crippen LogP contribution is 2.30. The van der Waals surface area contributed by atoms with Crippen molar-refractivity contribution in [2.75, 3.05) is 51.8 Å². The Bertz CT molecular complexity index is 1050. The van der Waals surface area contributed by atoms with E-state index in [2.05, 4.69) is 20.4 Å². The summed E-state index contributed by atoms with van der Waals surface area (Å²) in [6.45, 7) is 3.54. The molecule has 4 rings (SSSR count). The van der Waals surface area contributed by atoms with Crippen molar-refractivity contribution in [3.63, 3.8) is 0 Å². The van der Waals surface area contributed by atoms with Crippen molar-refractivity contribution >= 4 is 29.3 Å². The van der Waals surface area contributed by atoms with E-state index in [0.29, 0.717) is 23.6 Å². The van der Waals surface area contributed by atoms with E-state index in [1.165, 1.54) is 7.11 Å². The van der Waals surface area contributed by atoms with Gasteiger partial charge in [-0.1, -0.05) is 35.9 Å². The normalized spacial score (nSPS) is 19.1. The number of ether oxygens (including phenoxy) is 2. The van der Waals surface area contributed by atoms with Crippen LogP contribution in [0.4, 0.5) is 10.5 Å². The van der Waals surface area contributed by atoms with Gasteiger partial charge in [-0.15, -0.1) is 0 Å². The minimum atomic E-state index is -0.614. The van der Waals surface area contributed by atoms with Gasteiger partial charge in [-0.2, -0.15) is 0 Å². The summed E-state index contributed by atoms with van der Waals surface area (Å²) in [6.07, 6.45) is 0. The number of methoxy groups -OCH3 is 2. The van der Waals surface area contributed by atoms with Gasteiger partial charge >= 0.3 is 12.0 Å². The fraction of sp³-hybridized carbons (Fsp3) is 0.333. The average molecular weight is 471 g/mol. The van der Waals surface area contributed by atoms with Crippen molar-refractivity contribution in [2.24, 2.45) is 0 Å². The Morgan fingerprint density at radius 3 is 2.39 bits per heavy atom. The first-order chi connectivity index (χ1) is 16.0. The number of hydrogen-bond acceptors (Lipinski definition) is 6. The lowest BCUT2D eigenvalue weighted by Gasteiger charge is -2.38. The summed E-state index contributed by atoms with van der Waals surface area (Å²) < 4.78 is 10.3. The molecule has 0 spiro atoms. The predicted molar refractivity (Wildman–Crippen MR) is 127 cm³/mol. The van der Waals surface area contributed by atoms with Crippen LogP contribution in [0.3, 0.4) is 0 Å². The number of piperazine rings is 1. The Balaban J connectivity index is 1.54. The fourth-order valence-electron chi connectivity index (χ4n) is 4.22. The number of nitrogens with zero attached hydrogens (tertiary/aromatic N) is 2. The van der Waals surface area contributed by atoms with Crippen LogP contribution in [0.5, 0.6) is 5.75 Å². The summed E-state index contributed by atoms with van der Waals surface area (Å²) >= 11 is 6.35. The third-order valence-corrected chi connectivity index (χ3v) is 6.27. The number of halogens is 1. The summed E-state index contributed by atoms with van der Waals surface area (Å²) in [5.41, 5.74) is 2.74. The number of hydrogen-bond donors (Lipinski definition) is 2. The van der Waals surface area contributed by atoms with Gasteiger partial charge in [0.25, 0.3) is 0 Å². The van der Waals surface area contributed by atoms with E-state index < -0.39 is 12.0 Å². The number of carbonyl (C=O) groups is 2. The van der Waals surface area contributed by atoms with Crippen molar-refractivity contribution in [3.05, 3.63) is 70.4 Å². The van der Waals surface area contributed by atoms with Crippen LogP contribution >= 0.6 is 11.6 Å². The molecule has 1 fully saturated rings. The van der Waals surface area contributed by atoms with Crippen LogP contribution in [-0.4, -0.2) is 63.8 Å². The fourth-order valence-corrected chi connectivity index (χ4v) is 4.47. The molecule has 2 heterocycles.